The third kappa shape index (κ3) is 9.17. The van der Waals surface area contributed by atoms with Gasteiger partial charge in [0.25, 0.3) is 0 Å². The second-order valence-corrected chi connectivity index (χ2v) is 2.83. The van der Waals surface area contributed by atoms with Crippen LogP contribution in [-0.4, -0.2) is 45.3 Å². The Hall–Kier alpha value is -1.14. The van der Waals surface area contributed by atoms with E-state index in [4.69, 9.17) is 10.5 Å². The molecule has 0 aromatic rings. The number of hydrogen-bond acceptors (Lipinski definition) is 5. The Balaban J connectivity index is 3.30. The van der Waals surface area contributed by atoms with Crippen LogP contribution in [0.25, 0.3) is 0 Å². The number of carbonyl (C=O) groups is 2. The summed E-state index contributed by atoms with van der Waals surface area (Å²) in [7, 11) is 1.29. The maximum atomic E-state index is 11.1. The summed E-state index contributed by atoms with van der Waals surface area (Å²) in [5.74, 6) is -0.568. The second kappa shape index (κ2) is 9.42. The third-order valence-corrected chi connectivity index (χ3v) is 1.61. The molecule has 1 amide bonds. The summed E-state index contributed by atoms with van der Waals surface area (Å²) in [4.78, 5) is 21.8. The first-order valence-electron chi connectivity index (χ1n) is 4.82. The van der Waals surface area contributed by atoms with Crippen molar-refractivity contribution in [1.82, 2.24) is 5.32 Å². The van der Waals surface area contributed by atoms with E-state index in [2.05, 4.69) is 10.1 Å². The Morgan fingerprint density at radius 3 is 2.60 bits per heavy atom. The monoisotopic (exact) mass is 218 g/mol. The van der Waals surface area contributed by atoms with Crippen LogP contribution in [0.1, 0.15) is 12.8 Å². The van der Waals surface area contributed by atoms with Crippen molar-refractivity contribution in [3.8, 4) is 0 Å². The maximum absolute atomic E-state index is 11.1. The number of amides is 1. The van der Waals surface area contributed by atoms with Gasteiger partial charge in [-0.05, 0) is 0 Å². The standard InChI is InChI=1S/C9H18N2O4/c1-14-9(13)3-2-8(12)11-5-7-15-6-4-10/h2-7,10H2,1H3,(H,11,12). The van der Waals surface area contributed by atoms with Gasteiger partial charge in [0.1, 0.15) is 0 Å². The lowest BCUT2D eigenvalue weighted by Gasteiger charge is -2.05. The van der Waals surface area contributed by atoms with E-state index >= 15 is 0 Å². The number of rotatable bonds is 8. The zero-order chi connectivity index (χ0) is 11.5. The quantitative estimate of drug-likeness (QED) is 0.404. The molecule has 0 atom stereocenters. The highest BCUT2D eigenvalue weighted by atomic mass is 16.5. The molecular formula is C9H18N2O4. The van der Waals surface area contributed by atoms with E-state index in [9.17, 15) is 9.59 Å². The molecule has 0 radical (unpaired) electrons. The number of nitrogens with two attached hydrogens (primary N) is 1. The highest BCUT2D eigenvalue weighted by molar-refractivity contribution is 5.81. The number of carbonyl (C=O) groups excluding carboxylic acids is 2. The van der Waals surface area contributed by atoms with Crippen LogP contribution in [0.4, 0.5) is 0 Å². The van der Waals surface area contributed by atoms with Gasteiger partial charge in [-0.15, -0.1) is 0 Å². The maximum Gasteiger partial charge on any atom is 0.306 e. The van der Waals surface area contributed by atoms with E-state index in [0.717, 1.165) is 0 Å². The lowest BCUT2D eigenvalue weighted by molar-refractivity contribution is -0.142. The average Bonchev–Trinajstić information content (AvgIpc) is 2.25. The van der Waals surface area contributed by atoms with Gasteiger partial charge >= 0.3 is 5.97 Å². The number of esters is 1. The van der Waals surface area contributed by atoms with Gasteiger partial charge < -0.3 is 20.5 Å². The molecule has 0 aromatic heterocycles. The van der Waals surface area contributed by atoms with Crippen molar-refractivity contribution in [3.63, 3.8) is 0 Å². The fourth-order valence-corrected chi connectivity index (χ4v) is 0.854. The summed E-state index contributed by atoms with van der Waals surface area (Å²) in [5.41, 5.74) is 5.20. The van der Waals surface area contributed by atoms with E-state index in [1.165, 1.54) is 7.11 Å². The van der Waals surface area contributed by atoms with Crippen LogP contribution in [0.5, 0.6) is 0 Å². The predicted octanol–water partition coefficient (Wildman–Crippen LogP) is -0.969. The molecule has 0 rings (SSSR count). The van der Waals surface area contributed by atoms with Gasteiger partial charge in [-0.3, -0.25) is 9.59 Å². The van der Waals surface area contributed by atoms with Gasteiger partial charge in [-0.25, -0.2) is 0 Å². The Labute approximate surface area is 89.1 Å². The molecule has 0 unspecified atom stereocenters. The molecule has 0 heterocycles. The van der Waals surface area contributed by atoms with Gasteiger partial charge in [0, 0.05) is 19.5 Å². The third-order valence-electron chi connectivity index (χ3n) is 1.61. The molecule has 6 nitrogen and oxygen atoms in total. The minimum Gasteiger partial charge on any atom is -0.469 e. The fraction of sp³-hybridized carbons (Fsp3) is 0.778. The van der Waals surface area contributed by atoms with E-state index < -0.39 is 0 Å². The summed E-state index contributed by atoms with van der Waals surface area (Å²) in [6.45, 7) is 1.81. The number of nitrogens with one attached hydrogen (secondary N) is 1. The Morgan fingerprint density at radius 1 is 1.27 bits per heavy atom. The molecule has 0 aromatic carbocycles. The largest absolute Gasteiger partial charge is 0.469 e. The average molecular weight is 218 g/mol. The molecule has 0 aliphatic carbocycles. The molecule has 6 heteroatoms. The molecular weight excluding hydrogens is 200 g/mol. The molecule has 88 valence electrons. The summed E-state index contributed by atoms with van der Waals surface area (Å²) in [6, 6.07) is 0. The van der Waals surface area contributed by atoms with Crippen molar-refractivity contribution >= 4 is 11.9 Å². The normalized spacial score (nSPS) is 9.73. The molecule has 0 aliphatic heterocycles. The van der Waals surface area contributed by atoms with Gasteiger partial charge in [-0.1, -0.05) is 0 Å². The van der Waals surface area contributed by atoms with Crippen molar-refractivity contribution in [2.24, 2.45) is 5.73 Å². The Morgan fingerprint density at radius 2 is 2.00 bits per heavy atom. The minimum atomic E-state index is -0.385. The second-order valence-electron chi connectivity index (χ2n) is 2.83. The number of methoxy groups -OCH3 is 1. The zero-order valence-corrected chi connectivity index (χ0v) is 8.95. The van der Waals surface area contributed by atoms with Crippen LogP contribution in [0, 0.1) is 0 Å². The van der Waals surface area contributed by atoms with Crippen molar-refractivity contribution in [3.05, 3.63) is 0 Å². The van der Waals surface area contributed by atoms with E-state index in [-0.39, 0.29) is 24.7 Å². The van der Waals surface area contributed by atoms with Crippen molar-refractivity contribution in [2.45, 2.75) is 12.8 Å². The van der Waals surface area contributed by atoms with Crippen molar-refractivity contribution < 1.29 is 19.1 Å². The fourth-order valence-electron chi connectivity index (χ4n) is 0.854. The SMILES string of the molecule is COC(=O)CCC(=O)NCCOCCN. The predicted molar refractivity (Wildman–Crippen MR) is 54.1 cm³/mol. The summed E-state index contributed by atoms with van der Waals surface area (Å²) in [5, 5.41) is 2.61. The molecule has 0 aliphatic rings. The molecule has 0 saturated carbocycles. The molecule has 0 spiro atoms. The van der Waals surface area contributed by atoms with Gasteiger partial charge in [0.05, 0.1) is 26.7 Å². The zero-order valence-electron chi connectivity index (χ0n) is 8.95. The van der Waals surface area contributed by atoms with E-state index in [1.54, 1.807) is 0 Å². The first-order valence-corrected chi connectivity index (χ1v) is 4.82. The summed E-state index contributed by atoms with van der Waals surface area (Å²) >= 11 is 0. The van der Waals surface area contributed by atoms with Crippen LogP contribution in [0.3, 0.4) is 0 Å². The molecule has 15 heavy (non-hydrogen) atoms. The van der Waals surface area contributed by atoms with E-state index in [0.29, 0.717) is 26.3 Å². The number of hydrogen-bond donors (Lipinski definition) is 2. The van der Waals surface area contributed by atoms with Crippen molar-refractivity contribution in [2.75, 3.05) is 33.4 Å². The van der Waals surface area contributed by atoms with Crippen LogP contribution in [0.2, 0.25) is 0 Å². The summed E-state index contributed by atoms with van der Waals surface area (Å²) in [6.07, 6.45) is 0.246. The van der Waals surface area contributed by atoms with Gasteiger partial charge in [0.2, 0.25) is 5.91 Å². The lowest BCUT2D eigenvalue weighted by Crippen LogP contribution is -2.28. The topological polar surface area (TPSA) is 90.7 Å². The number of ether oxygens (including phenoxy) is 2. The Bertz CT molecular complexity index is 197. The highest BCUT2D eigenvalue weighted by Gasteiger charge is 2.05. The van der Waals surface area contributed by atoms with Crippen LogP contribution in [0.15, 0.2) is 0 Å². The van der Waals surface area contributed by atoms with Gasteiger partial charge in [-0.2, -0.15) is 0 Å². The molecule has 0 saturated heterocycles. The van der Waals surface area contributed by atoms with Crippen LogP contribution in [-0.2, 0) is 19.1 Å². The van der Waals surface area contributed by atoms with Crippen LogP contribution >= 0.6 is 0 Å². The molecule has 3 N–H and O–H groups in total. The summed E-state index contributed by atoms with van der Waals surface area (Å²) < 4.78 is 9.45. The minimum absolute atomic E-state index is 0.103. The lowest BCUT2D eigenvalue weighted by atomic mass is 10.3. The molecule has 0 fully saturated rings. The smallest absolute Gasteiger partial charge is 0.306 e. The van der Waals surface area contributed by atoms with Crippen molar-refractivity contribution in [1.29, 1.82) is 0 Å². The van der Waals surface area contributed by atoms with E-state index in [1.807, 2.05) is 0 Å². The van der Waals surface area contributed by atoms with Gasteiger partial charge in [0.15, 0.2) is 0 Å². The molecule has 0 bridgehead atoms. The first kappa shape index (κ1) is 13.9. The van der Waals surface area contributed by atoms with Crippen LogP contribution < -0.4 is 11.1 Å². The Kier molecular flexibility index (Phi) is 8.70. The highest BCUT2D eigenvalue weighted by Crippen LogP contribution is 1.90. The first-order chi connectivity index (χ1) is 7.20.